The number of likely N-dealkylation sites (N-methyl/N-ethyl adjacent to an activating group) is 2. The summed E-state index contributed by atoms with van der Waals surface area (Å²) >= 11 is 0. The number of alkyl halides is 3. The molecule has 1 aliphatic carbocycles. The quantitative estimate of drug-likeness (QED) is 0.693. The molecule has 0 spiro atoms. The second-order valence-electron chi connectivity index (χ2n) is 7.38. The average molecular weight is 449 g/mol. The van der Waals surface area contributed by atoms with E-state index in [1.807, 2.05) is 0 Å². The van der Waals surface area contributed by atoms with Crippen molar-refractivity contribution in [2.45, 2.75) is 49.2 Å². The fraction of sp³-hybridized carbons (Fsp3) is 0.579. The number of benzene rings is 1. The Bertz CT molecular complexity index is 851. The highest BCUT2D eigenvalue weighted by molar-refractivity contribution is 7.89. The van der Waals surface area contributed by atoms with Crippen molar-refractivity contribution < 1.29 is 31.2 Å². The highest BCUT2D eigenvalue weighted by atomic mass is 32.2. The number of carbonyl (C=O) groups is 2. The molecule has 1 N–H and O–H groups in total. The molecule has 1 aromatic carbocycles. The first-order chi connectivity index (χ1) is 13.9. The van der Waals surface area contributed by atoms with Crippen LogP contribution in [0.1, 0.15) is 42.5 Å². The van der Waals surface area contributed by atoms with Crippen molar-refractivity contribution in [3.63, 3.8) is 0 Å². The highest BCUT2D eigenvalue weighted by Crippen LogP contribution is 2.22. The van der Waals surface area contributed by atoms with Crippen LogP contribution in [0.2, 0.25) is 0 Å². The van der Waals surface area contributed by atoms with Gasteiger partial charge in [-0.25, -0.2) is 8.42 Å². The molecule has 0 heterocycles. The summed E-state index contributed by atoms with van der Waals surface area (Å²) in [7, 11) is -1.04. The molecule has 168 valence electrons. The van der Waals surface area contributed by atoms with Crippen LogP contribution >= 0.6 is 0 Å². The first-order valence-corrected chi connectivity index (χ1v) is 11.0. The first-order valence-electron chi connectivity index (χ1n) is 9.59. The summed E-state index contributed by atoms with van der Waals surface area (Å²) in [6.07, 6.45) is 0.474. The minimum atomic E-state index is -4.54. The average Bonchev–Trinajstić information content (AvgIpc) is 2.71. The molecule has 2 amide bonds. The van der Waals surface area contributed by atoms with Gasteiger partial charge in [-0.3, -0.25) is 9.59 Å². The molecule has 1 aliphatic rings. The Morgan fingerprint density at radius 2 is 1.63 bits per heavy atom. The van der Waals surface area contributed by atoms with E-state index in [1.165, 1.54) is 7.05 Å². The Balaban J connectivity index is 2.01. The van der Waals surface area contributed by atoms with E-state index in [1.54, 1.807) is 17.3 Å². The SMILES string of the molecule is CN(C(=O)CN(C)S(=O)(=O)c1ccc(C(=O)NCC(F)(F)F)cc1)C1CCCCC1. The van der Waals surface area contributed by atoms with E-state index in [-0.39, 0.29) is 29.0 Å². The molecule has 0 atom stereocenters. The van der Waals surface area contributed by atoms with Gasteiger partial charge in [0.25, 0.3) is 5.91 Å². The Morgan fingerprint density at radius 3 is 2.17 bits per heavy atom. The van der Waals surface area contributed by atoms with E-state index < -0.39 is 28.7 Å². The van der Waals surface area contributed by atoms with Gasteiger partial charge >= 0.3 is 6.18 Å². The standard InChI is InChI=1S/C19H26F3N3O4S/c1-24(12-17(26)25(2)15-6-4-3-5-7-15)30(28,29)16-10-8-14(9-11-16)18(27)23-13-19(20,21)22/h8-11,15H,3-7,12-13H2,1-2H3,(H,23,27). The van der Waals surface area contributed by atoms with E-state index >= 15 is 0 Å². The van der Waals surface area contributed by atoms with E-state index in [0.29, 0.717) is 0 Å². The van der Waals surface area contributed by atoms with Crippen molar-refractivity contribution in [2.24, 2.45) is 0 Å². The maximum Gasteiger partial charge on any atom is 0.405 e. The molecule has 11 heteroatoms. The summed E-state index contributed by atoms with van der Waals surface area (Å²) in [6, 6.07) is 4.62. The third kappa shape index (κ3) is 6.43. The van der Waals surface area contributed by atoms with Crippen molar-refractivity contribution in [2.75, 3.05) is 27.2 Å². The number of nitrogens with one attached hydrogen (secondary N) is 1. The number of halogens is 3. The highest BCUT2D eigenvalue weighted by Gasteiger charge is 2.29. The topological polar surface area (TPSA) is 86.8 Å². The summed E-state index contributed by atoms with van der Waals surface area (Å²) in [5.74, 6) is -1.27. The smallest absolute Gasteiger partial charge is 0.343 e. The fourth-order valence-electron chi connectivity index (χ4n) is 3.30. The van der Waals surface area contributed by atoms with Crippen LogP contribution in [0, 0.1) is 0 Å². The molecule has 2 rings (SSSR count). The van der Waals surface area contributed by atoms with Gasteiger partial charge in [0.1, 0.15) is 6.54 Å². The van der Waals surface area contributed by atoms with Gasteiger partial charge in [0.05, 0.1) is 11.4 Å². The summed E-state index contributed by atoms with van der Waals surface area (Å²) in [6.45, 7) is -1.81. The van der Waals surface area contributed by atoms with Gasteiger partial charge in [0, 0.05) is 25.7 Å². The van der Waals surface area contributed by atoms with E-state index in [0.717, 1.165) is 60.7 Å². The number of hydrogen-bond donors (Lipinski definition) is 1. The van der Waals surface area contributed by atoms with E-state index in [9.17, 15) is 31.2 Å². The maximum absolute atomic E-state index is 12.7. The summed E-state index contributed by atoms with van der Waals surface area (Å²) in [4.78, 5) is 25.7. The largest absolute Gasteiger partial charge is 0.405 e. The van der Waals surface area contributed by atoms with Gasteiger partial charge in [-0.1, -0.05) is 19.3 Å². The zero-order valence-electron chi connectivity index (χ0n) is 16.9. The fourth-order valence-corrected chi connectivity index (χ4v) is 4.42. The van der Waals surface area contributed by atoms with Crippen molar-refractivity contribution in [1.82, 2.24) is 14.5 Å². The molecule has 0 saturated heterocycles. The van der Waals surface area contributed by atoms with E-state index in [2.05, 4.69) is 0 Å². The Morgan fingerprint density at radius 1 is 1.07 bits per heavy atom. The van der Waals surface area contributed by atoms with Crippen LogP contribution in [0.4, 0.5) is 13.2 Å². The minimum Gasteiger partial charge on any atom is -0.343 e. The zero-order chi connectivity index (χ0) is 22.5. The molecular weight excluding hydrogens is 423 g/mol. The van der Waals surface area contributed by atoms with E-state index in [4.69, 9.17) is 0 Å². The molecule has 30 heavy (non-hydrogen) atoms. The molecule has 0 bridgehead atoms. The van der Waals surface area contributed by atoms with Crippen molar-refractivity contribution in [3.05, 3.63) is 29.8 Å². The summed E-state index contributed by atoms with van der Waals surface area (Å²) in [5.41, 5.74) is -0.103. The van der Waals surface area contributed by atoms with Gasteiger partial charge in [0.2, 0.25) is 15.9 Å². The van der Waals surface area contributed by atoms with Crippen molar-refractivity contribution >= 4 is 21.8 Å². The zero-order valence-corrected chi connectivity index (χ0v) is 17.7. The van der Waals surface area contributed by atoms with Crippen LogP contribution in [0.5, 0.6) is 0 Å². The Labute approximate surface area is 174 Å². The van der Waals surface area contributed by atoms with Crippen LogP contribution in [-0.2, 0) is 14.8 Å². The summed E-state index contributed by atoms with van der Waals surface area (Å²) in [5, 5.41) is 1.72. The number of rotatable bonds is 7. The lowest BCUT2D eigenvalue weighted by Gasteiger charge is -2.32. The van der Waals surface area contributed by atoms with Crippen molar-refractivity contribution in [1.29, 1.82) is 0 Å². The van der Waals surface area contributed by atoms with Crippen LogP contribution < -0.4 is 5.32 Å². The number of sulfonamides is 1. The maximum atomic E-state index is 12.7. The number of hydrogen-bond acceptors (Lipinski definition) is 4. The molecule has 0 aliphatic heterocycles. The molecule has 1 saturated carbocycles. The summed E-state index contributed by atoms with van der Waals surface area (Å²) < 4.78 is 62.9. The normalized spacial score (nSPS) is 15.8. The molecule has 1 aromatic rings. The third-order valence-corrected chi connectivity index (χ3v) is 6.97. The van der Waals surface area contributed by atoms with Crippen molar-refractivity contribution in [3.8, 4) is 0 Å². The Hall–Kier alpha value is -2.14. The molecule has 1 fully saturated rings. The van der Waals surface area contributed by atoms with Gasteiger partial charge in [-0.05, 0) is 37.1 Å². The van der Waals surface area contributed by atoms with Crippen LogP contribution in [0.3, 0.4) is 0 Å². The second kappa shape index (κ2) is 9.78. The van der Waals surface area contributed by atoms with Crippen LogP contribution in [-0.4, -0.2) is 68.8 Å². The molecular formula is C19H26F3N3O4S. The predicted molar refractivity (Wildman–Crippen MR) is 104 cm³/mol. The number of carbonyl (C=O) groups excluding carboxylic acids is 2. The molecule has 0 radical (unpaired) electrons. The molecule has 7 nitrogen and oxygen atoms in total. The Kier molecular flexibility index (Phi) is 7.87. The second-order valence-corrected chi connectivity index (χ2v) is 9.42. The number of nitrogens with zero attached hydrogens (tertiary/aromatic N) is 2. The number of amides is 2. The molecule has 0 unspecified atom stereocenters. The minimum absolute atomic E-state index is 0.103. The monoisotopic (exact) mass is 449 g/mol. The van der Waals surface area contributed by atoms with Gasteiger partial charge < -0.3 is 10.2 Å². The first kappa shape index (κ1) is 24.1. The lowest BCUT2D eigenvalue weighted by Crippen LogP contribution is -2.44. The third-order valence-electron chi connectivity index (χ3n) is 5.15. The van der Waals surface area contributed by atoms with Gasteiger partial charge in [-0.2, -0.15) is 17.5 Å². The predicted octanol–water partition coefficient (Wildman–Crippen LogP) is 2.39. The lowest BCUT2D eigenvalue weighted by molar-refractivity contribution is -0.132. The lowest BCUT2D eigenvalue weighted by atomic mass is 9.94. The van der Waals surface area contributed by atoms with Crippen LogP contribution in [0.25, 0.3) is 0 Å². The van der Waals surface area contributed by atoms with Crippen LogP contribution in [0.15, 0.2) is 29.2 Å². The molecule has 0 aromatic heterocycles. The van der Waals surface area contributed by atoms with Gasteiger partial charge in [0.15, 0.2) is 0 Å². The van der Waals surface area contributed by atoms with Gasteiger partial charge in [-0.15, -0.1) is 0 Å².